The van der Waals surface area contributed by atoms with Crippen LogP contribution in [-0.2, 0) is 4.74 Å². The zero-order valence-corrected chi connectivity index (χ0v) is 16.2. The van der Waals surface area contributed by atoms with Crippen LogP contribution >= 0.6 is 11.6 Å². The Morgan fingerprint density at radius 2 is 1.96 bits per heavy atom. The lowest BCUT2D eigenvalue weighted by molar-refractivity contribution is -0.00311. The van der Waals surface area contributed by atoms with Gasteiger partial charge in [0.05, 0.1) is 16.7 Å². The maximum absolute atomic E-state index is 12.8. The quantitative estimate of drug-likeness (QED) is 0.738. The van der Waals surface area contributed by atoms with Gasteiger partial charge >= 0.3 is 0 Å². The maximum Gasteiger partial charge on any atom is 0.253 e. The lowest BCUT2D eigenvalue weighted by Gasteiger charge is -2.29. The molecule has 5 heteroatoms. The molecule has 2 aromatic carbocycles. The molecule has 0 spiro atoms. The Morgan fingerprint density at radius 1 is 1.22 bits per heavy atom. The molecule has 3 rings (SSSR count). The molecule has 4 nitrogen and oxygen atoms in total. The number of carbonyl (C=O) groups is 1. The number of halogens is 1. The monoisotopic (exact) mass is 382 g/mol. The average molecular weight is 383 g/mol. The van der Waals surface area contributed by atoms with Crippen LogP contribution in [0.1, 0.15) is 42.1 Å². The molecule has 0 N–H and O–H groups in total. The van der Waals surface area contributed by atoms with Crippen molar-refractivity contribution in [3.8, 4) is 17.2 Å². The number of ether oxygens (including phenoxy) is 1. The Hall–Kier alpha value is -2.35. The molecule has 140 valence electrons. The third kappa shape index (κ3) is 4.68. The van der Waals surface area contributed by atoms with E-state index in [1.54, 1.807) is 12.1 Å². The van der Waals surface area contributed by atoms with Gasteiger partial charge in [-0.3, -0.25) is 4.79 Å². The van der Waals surface area contributed by atoms with E-state index in [1.165, 1.54) is 0 Å². The number of nitriles is 1. The van der Waals surface area contributed by atoms with E-state index in [1.807, 2.05) is 42.2 Å². The van der Waals surface area contributed by atoms with Gasteiger partial charge in [-0.1, -0.05) is 29.8 Å². The molecule has 1 heterocycles. The minimum atomic E-state index is 0.0242. The smallest absolute Gasteiger partial charge is 0.253 e. The van der Waals surface area contributed by atoms with Crippen molar-refractivity contribution in [2.75, 3.05) is 19.7 Å². The van der Waals surface area contributed by atoms with Crippen LogP contribution < -0.4 is 0 Å². The van der Waals surface area contributed by atoms with Crippen molar-refractivity contribution in [2.24, 2.45) is 0 Å². The summed E-state index contributed by atoms with van der Waals surface area (Å²) in [4.78, 5) is 14.7. The maximum atomic E-state index is 12.8. The molecular weight excluding hydrogens is 360 g/mol. The van der Waals surface area contributed by atoms with Gasteiger partial charge in [0.1, 0.15) is 6.07 Å². The molecule has 1 amide bonds. The predicted octanol–water partition coefficient (Wildman–Crippen LogP) is 4.91. The van der Waals surface area contributed by atoms with Gasteiger partial charge in [0, 0.05) is 25.3 Å². The topological polar surface area (TPSA) is 53.3 Å². The standard InChI is InChI=1S/C22H23ClN2O2/c1-2-25(15-20-5-3-4-12-27-20)22(26)17-8-6-16(7-9-17)18-10-11-19(14-24)21(23)13-18/h6-11,13,20H,2-5,12,15H2,1H3/t20-/m0/s1. The molecule has 0 aliphatic carbocycles. The summed E-state index contributed by atoms with van der Waals surface area (Å²) in [5.41, 5.74) is 2.99. The molecule has 0 bridgehead atoms. The van der Waals surface area contributed by atoms with Crippen molar-refractivity contribution in [1.29, 1.82) is 5.26 Å². The first kappa shape index (κ1) is 19.4. The Kier molecular flexibility index (Phi) is 6.49. The average Bonchev–Trinajstić information content (AvgIpc) is 2.72. The van der Waals surface area contributed by atoms with Gasteiger partial charge in [-0.25, -0.2) is 0 Å². The summed E-state index contributed by atoms with van der Waals surface area (Å²) in [6.07, 6.45) is 3.43. The molecule has 1 aliphatic rings. The van der Waals surface area contributed by atoms with E-state index < -0.39 is 0 Å². The lowest BCUT2D eigenvalue weighted by Crippen LogP contribution is -2.39. The van der Waals surface area contributed by atoms with Crippen LogP contribution in [0.3, 0.4) is 0 Å². The highest BCUT2D eigenvalue weighted by Crippen LogP contribution is 2.26. The molecular formula is C22H23ClN2O2. The molecule has 1 saturated heterocycles. The fraction of sp³-hybridized carbons (Fsp3) is 0.364. The van der Waals surface area contributed by atoms with Gasteiger partial charge in [-0.05, 0) is 61.6 Å². The number of nitrogens with zero attached hydrogens (tertiary/aromatic N) is 2. The normalized spacial score (nSPS) is 16.6. The van der Waals surface area contributed by atoms with Crippen LogP contribution in [0.4, 0.5) is 0 Å². The van der Waals surface area contributed by atoms with Crippen molar-refractivity contribution < 1.29 is 9.53 Å². The van der Waals surface area contributed by atoms with Crippen LogP contribution in [0, 0.1) is 11.3 Å². The summed E-state index contributed by atoms with van der Waals surface area (Å²) in [5, 5.41) is 9.42. The molecule has 27 heavy (non-hydrogen) atoms. The van der Waals surface area contributed by atoms with Crippen LogP contribution in [0.2, 0.25) is 5.02 Å². The molecule has 0 aromatic heterocycles. The number of hydrogen-bond acceptors (Lipinski definition) is 3. The molecule has 1 aliphatic heterocycles. The summed E-state index contributed by atoms with van der Waals surface area (Å²) >= 11 is 6.12. The van der Waals surface area contributed by atoms with Crippen LogP contribution in [0.15, 0.2) is 42.5 Å². The lowest BCUT2D eigenvalue weighted by atomic mass is 10.0. The second-order valence-electron chi connectivity index (χ2n) is 6.72. The van der Waals surface area contributed by atoms with Gasteiger partial charge in [-0.2, -0.15) is 5.26 Å². The largest absolute Gasteiger partial charge is 0.376 e. The van der Waals surface area contributed by atoms with Gasteiger partial charge in [0.25, 0.3) is 5.91 Å². The third-order valence-electron chi connectivity index (χ3n) is 4.92. The minimum absolute atomic E-state index is 0.0242. The van der Waals surface area contributed by atoms with Gasteiger partial charge in [0.15, 0.2) is 0 Å². The van der Waals surface area contributed by atoms with Crippen LogP contribution in [0.5, 0.6) is 0 Å². The minimum Gasteiger partial charge on any atom is -0.376 e. The SMILES string of the molecule is CCN(C[C@@H]1CCCCO1)C(=O)c1ccc(-c2ccc(C#N)c(Cl)c2)cc1. The first-order chi connectivity index (χ1) is 13.1. The molecule has 1 atom stereocenters. The fourth-order valence-corrected chi connectivity index (χ4v) is 3.55. The molecule has 0 saturated carbocycles. The summed E-state index contributed by atoms with van der Waals surface area (Å²) < 4.78 is 5.77. The summed E-state index contributed by atoms with van der Waals surface area (Å²) in [6.45, 7) is 4.08. The Bertz CT molecular complexity index is 836. The summed E-state index contributed by atoms with van der Waals surface area (Å²) in [6, 6.07) is 14.9. The Balaban J connectivity index is 1.72. The van der Waals surface area contributed by atoms with E-state index >= 15 is 0 Å². The van der Waals surface area contributed by atoms with Crippen molar-refractivity contribution >= 4 is 17.5 Å². The highest BCUT2D eigenvalue weighted by atomic mass is 35.5. The molecule has 0 unspecified atom stereocenters. The van der Waals surface area contributed by atoms with Gasteiger partial charge in [-0.15, -0.1) is 0 Å². The van der Waals surface area contributed by atoms with E-state index in [0.29, 0.717) is 29.2 Å². The predicted molar refractivity (Wildman–Crippen MR) is 107 cm³/mol. The number of rotatable bonds is 5. The van der Waals surface area contributed by atoms with E-state index in [2.05, 4.69) is 6.07 Å². The van der Waals surface area contributed by atoms with E-state index in [0.717, 1.165) is 37.0 Å². The highest BCUT2D eigenvalue weighted by molar-refractivity contribution is 6.32. The number of benzene rings is 2. The fourth-order valence-electron chi connectivity index (χ4n) is 3.33. The van der Waals surface area contributed by atoms with Crippen molar-refractivity contribution in [2.45, 2.75) is 32.3 Å². The Labute approximate surface area is 165 Å². The van der Waals surface area contributed by atoms with Crippen molar-refractivity contribution in [1.82, 2.24) is 4.90 Å². The van der Waals surface area contributed by atoms with E-state index in [-0.39, 0.29) is 12.0 Å². The molecule has 0 radical (unpaired) electrons. The zero-order chi connectivity index (χ0) is 19.2. The van der Waals surface area contributed by atoms with E-state index in [4.69, 9.17) is 21.6 Å². The van der Waals surface area contributed by atoms with Gasteiger partial charge in [0.2, 0.25) is 0 Å². The first-order valence-electron chi connectivity index (χ1n) is 9.33. The van der Waals surface area contributed by atoms with Crippen molar-refractivity contribution in [3.63, 3.8) is 0 Å². The number of amides is 1. The van der Waals surface area contributed by atoms with Gasteiger partial charge < -0.3 is 9.64 Å². The number of likely N-dealkylation sites (N-methyl/N-ethyl adjacent to an activating group) is 1. The summed E-state index contributed by atoms with van der Waals surface area (Å²) in [5.74, 6) is 0.0242. The zero-order valence-electron chi connectivity index (χ0n) is 15.5. The van der Waals surface area contributed by atoms with Crippen molar-refractivity contribution in [3.05, 3.63) is 58.6 Å². The van der Waals surface area contributed by atoms with Crippen LogP contribution in [0.25, 0.3) is 11.1 Å². The second kappa shape index (κ2) is 9.03. The number of carbonyl (C=O) groups excluding carboxylic acids is 1. The van der Waals surface area contributed by atoms with Crippen LogP contribution in [-0.4, -0.2) is 36.6 Å². The Morgan fingerprint density at radius 3 is 2.56 bits per heavy atom. The number of hydrogen-bond donors (Lipinski definition) is 0. The highest BCUT2D eigenvalue weighted by Gasteiger charge is 2.21. The molecule has 1 fully saturated rings. The van der Waals surface area contributed by atoms with E-state index in [9.17, 15) is 4.79 Å². The second-order valence-corrected chi connectivity index (χ2v) is 7.12. The summed E-state index contributed by atoms with van der Waals surface area (Å²) in [7, 11) is 0. The molecule has 2 aromatic rings. The first-order valence-corrected chi connectivity index (χ1v) is 9.71. The third-order valence-corrected chi connectivity index (χ3v) is 5.23.